The molecule has 3 aliphatic heterocycles. The van der Waals surface area contributed by atoms with Crippen LogP contribution in [0.5, 0.6) is 0 Å². The third-order valence-electron chi connectivity index (χ3n) is 10.3. The number of rotatable bonds is 11. The third kappa shape index (κ3) is 5.11. The maximum Gasteiger partial charge on any atom is 0.253 e. The SMILES string of the molecule is C=CCN(C(=O)[C@@H]1[C@H]2C(=O)N([C@H](CO)c3ccccc3)C(C(=O)N(CC=C)c3c(C)cccc3C)C23CC[C@@]1(C)O3)c1ccccc1. The van der Waals surface area contributed by atoms with Gasteiger partial charge in [-0.3, -0.25) is 14.4 Å². The lowest BCUT2D eigenvalue weighted by Crippen LogP contribution is -2.57. The van der Waals surface area contributed by atoms with Crippen LogP contribution in [0.15, 0.2) is 104 Å². The molecule has 244 valence electrons. The zero-order valence-corrected chi connectivity index (χ0v) is 27.3. The first-order valence-corrected chi connectivity index (χ1v) is 16.3. The molecule has 6 atom stereocenters. The van der Waals surface area contributed by atoms with Crippen molar-refractivity contribution in [3.8, 4) is 0 Å². The molecule has 3 aliphatic rings. The molecule has 0 radical (unpaired) electrons. The molecule has 3 heterocycles. The Balaban J connectivity index is 1.52. The van der Waals surface area contributed by atoms with Crippen molar-refractivity contribution in [3.63, 3.8) is 0 Å². The van der Waals surface area contributed by atoms with Gasteiger partial charge in [-0.2, -0.15) is 0 Å². The van der Waals surface area contributed by atoms with Gasteiger partial charge in [-0.05, 0) is 62.4 Å². The molecule has 2 unspecified atom stereocenters. The molecule has 47 heavy (non-hydrogen) atoms. The van der Waals surface area contributed by atoms with Gasteiger partial charge in [0, 0.05) is 24.5 Å². The second kappa shape index (κ2) is 12.6. The van der Waals surface area contributed by atoms with Crippen LogP contribution in [-0.4, -0.2) is 64.7 Å². The molecular formula is C39H43N3O5. The first-order valence-electron chi connectivity index (χ1n) is 16.3. The predicted octanol–water partition coefficient (Wildman–Crippen LogP) is 5.54. The number of nitrogens with zero attached hydrogens (tertiary/aromatic N) is 3. The summed E-state index contributed by atoms with van der Waals surface area (Å²) in [6.07, 6.45) is 4.27. The summed E-state index contributed by atoms with van der Waals surface area (Å²) in [5.74, 6) is -2.72. The van der Waals surface area contributed by atoms with Crippen LogP contribution in [-0.2, 0) is 19.1 Å². The minimum atomic E-state index is -1.28. The number of amides is 3. The lowest BCUT2D eigenvalue weighted by Gasteiger charge is -2.40. The Hall–Kier alpha value is -4.53. The largest absolute Gasteiger partial charge is 0.394 e. The van der Waals surface area contributed by atoms with Crippen LogP contribution < -0.4 is 9.80 Å². The van der Waals surface area contributed by atoms with E-state index in [9.17, 15) is 9.90 Å². The molecular weight excluding hydrogens is 590 g/mol. The maximum absolute atomic E-state index is 15.2. The van der Waals surface area contributed by atoms with E-state index >= 15 is 9.59 Å². The van der Waals surface area contributed by atoms with E-state index in [1.165, 1.54) is 4.90 Å². The van der Waals surface area contributed by atoms with Crippen molar-refractivity contribution < 1.29 is 24.2 Å². The molecule has 3 saturated heterocycles. The monoisotopic (exact) mass is 633 g/mol. The lowest BCUT2D eigenvalue weighted by molar-refractivity contribution is -0.148. The molecule has 3 aromatic carbocycles. The van der Waals surface area contributed by atoms with Crippen LogP contribution >= 0.6 is 0 Å². The van der Waals surface area contributed by atoms with Gasteiger partial charge in [-0.1, -0.05) is 78.9 Å². The highest BCUT2D eigenvalue weighted by atomic mass is 16.5. The van der Waals surface area contributed by atoms with Gasteiger partial charge in [-0.15, -0.1) is 13.2 Å². The predicted molar refractivity (Wildman–Crippen MR) is 183 cm³/mol. The topological polar surface area (TPSA) is 90.4 Å². The van der Waals surface area contributed by atoms with Crippen molar-refractivity contribution in [1.29, 1.82) is 0 Å². The number of hydrogen-bond donors (Lipinski definition) is 1. The molecule has 0 aliphatic carbocycles. The van der Waals surface area contributed by atoms with Gasteiger partial charge in [0.15, 0.2) is 0 Å². The van der Waals surface area contributed by atoms with Crippen LogP contribution in [0.1, 0.15) is 42.5 Å². The van der Waals surface area contributed by atoms with Crippen molar-refractivity contribution in [2.24, 2.45) is 11.8 Å². The highest BCUT2D eigenvalue weighted by Gasteiger charge is 2.79. The molecule has 1 N–H and O–H groups in total. The number of anilines is 2. The van der Waals surface area contributed by atoms with Gasteiger partial charge < -0.3 is 24.5 Å². The highest BCUT2D eigenvalue weighted by molar-refractivity contribution is 6.07. The summed E-state index contributed by atoms with van der Waals surface area (Å²) in [7, 11) is 0. The highest BCUT2D eigenvalue weighted by Crippen LogP contribution is 2.64. The number of ether oxygens (including phenoxy) is 1. The van der Waals surface area contributed by atoms with Gasteiger partial charge in [0.1, 0.15) is 11.6 Å². The molecule has 3 aromatic rings. The molecule has 3 fully saturated rings. The number of para-hydroxylation sites is 2. The second-order valence-electron chi connectivity index (χ2n) is 13.1. The summed E-state index contributed by atoms with van der Waals surface area (Å²) >= 11 is 0. The van der Waals surface area contributed by atoms with Crippen LogP contribution in [0.4, 0.5) is 11.4 Å². The first kappa shape index (κ1) is 32.4. The fraction of sp³-hybridized carbons (Fsp3) is 0.359. The zero-order valence-electron chi connectivity index (χ0n) is 27.3. The number of carbonyl (C=O) groups is 3. The Bertz CT molecular complexity index is 1670. The average molecular weight is 634 g/mol. The van der Waals surface area contributed by atoms with Crippen LogP contribution in [0.25, 0.3) is 0 Å². The van der Waals surface area contributed by atoms with E-state index in [1.54, 1.807) is 22.0 Å². The Morgan fingerprint density at radius 1 is 0.915 bits per heavy atom. The van der Waals surface area contributed by atoms with Gasteiger partial charge in [0.2, 0.25) is 11.8 Å². The number of aryl methyl sites for hydroxylation is 2. The fourth-order valence-corrected chi connectivity index (χ4v) is 8.41. The number of aliphatic hydroxyl groups is 1. The standard InChI is InChI=1S/C39H43N3O5/c1-6-23-40(29-19-12-9-13-20-29)35(44)31-32-36(45)42(30(25-43)28-17-10-8-11-18-28)34(39(32)22-21-38(31,5)47-39)37(46)41(24-7-2)33-26(3)15-14-16-27(33)4/h6-20,30-32,34,43H,1-2,21-25H2,3-5H3/t30-,31+,32+,34?,38-,39?/m1/s1. The van der Waals surface area contributed by atoms with Crippen molar-refractivity contribution >= 4 is 29.1 Å². The van der Waals surface area contributed by atoms with Gasteiger partial charge >= 0.3 is 0 Å². The number of fused-ring (bicyclic) bond motifs is 1. The van der Waals surface area contributed by atoms with Gasteiger partial charge in [-0.25, -0.2) is 0 Å². The first-order chi connectivity index (χ1) is 22.6. The van der Waals surface area contributed by atoms with Crippen LogP contribution in [0.2, 0.25) is 0 Å². The summed E-state index contributed by atoms with van der Waals surface area (Å²) in [6, 6.07) is 22.5. The normalized spacial score (nSPS) is 26.5. The summed E-state index contributed by atoms with van der Waals surface area (Å²) < 4.78 is 6.97. The molecule has 8 nitrogen and oxygen atoms in total. The van der Waals surface area contributed by atoms with E-state index in [-0.39, 0.29) is 30.8 Å². The maximum atomic E-state index is 15.2. The van der Waals surface area contributed by atoms with Crippen LogP contribution in [0.3, 0.4) is 0 Å². The van der Waals surface area contributed by atoms with E-state index in [0.717, 1.165) is 16.8 Å². The Kier molecular flexibility index (Phi) is 8.68. The Morgan fingerprint density at radius 3 is 2.11 bits per heavy atom. The van der Waals surface area contributed by atoms with Crippen molar-refractivity contribution in [2.45, 2.75) is 56.9 Å². The van der Waals surface area contributed by atoms with E-state index in [2.05, 4.69) is 13.2 Å². The number of aliphatic hydroxyl groups excluding tert-OH is 1. The lowest BCUT2D eigenvalue weighted by atomic mass is 9.66. The van der Waals surface area contributed by atoms with E-state index in [4.69, 9.17) is 4.74 Å². The van der Waals surface area contributed by atoms with E-state index < -0.39 is 41.7 Å². The molecule has 0 aromatic heterocycles. The quantitative estimate of drug-likeness (QED) is 0.280. The molecule has 2 bridgehead atoms. The summed E-state index contributed by atoms with van der Waals surface area (Å²) in [5.41, 5.74) is 1.70. The van der Waals surface area contributed by atoms with E-state index in [1.807, 2.05) is 99.6 Å². The zero-order chi connectivity index (χ0) is 33.5. The fourth-order valence-electron chi connectivity index (χ4n) is 8.41. The number of likely N-dealkylation sites (tertiary alicyclic amines) is 1. The second-order valence-corrected chi connectivity index (χ2v) is 13.1. The van der Waals surface area contributed by atoms with Gasteiger partial charge in [0.25, 0.3) is 5.91 Å². The summed E-state index contributed by atoms with van der Waals surface area (Å²) in [4.78, 5) is 49.8. The minimum absolute atomic E-state index is 0.208. The molecule has 3 amide bonds. The Morgan fingerprint density at radius 2 is 1.51 bits per heavy atom. The number of benzene rings is 3. The molecule has 0 saturated carbocycles. The Labute approximate surface area is 276 Å². The van der Waals surface area contributed by atoms with Gasteiger partial charge in [0.05, 0.1) is 30.1 Å². The van der Waals surface area contributed by atoms with E-state index in [0.29, 0.717) is 24.1 Å². The average Bonchev–Trinajstić information content (AvgIpc) is 3.64. The summed E-state index contributed by atoms with van der Waals surface area (Å²) in [6.45, 7) is 13.7. The molecule has 6 rings (SSSR count). The summed E-state index contributed by atoms with van der Waals surface area (Å²) in [5, 5.41) is 10.9. The van der Waals surface area contributed by atoms with Crippen molar-refractivity contribution in [1.82, 2.24) is 4.90 Å². The smallest absolute Gasteiger partial charge is 0.253 e. The molecule has 1 spiro atoms. The number of hydrogen-bond acceptors (Lipinski definition) is 5. The van der Waals surface area contributed by atoms with Crippen LogP contribution in [0, 0.1) is 25.7 Å². The van der Waals surface area contributed by atoms with Crippen molar-refractivity contribution in [2.75, 3.05) is 29.5 Å². The van der Waals surface area contributed by atoms with Crippen molar-refractivity contribution in [3.05, 3.63) is 121 Å². The number of carbonyl (C=O) groups excluding carboxylic acids is 3. The molecule has 8 heteroatoms. The minimum Gasteiger partial charge on any atom is -0.394 e. The third-order valence-corrected chi connectivity index (χ3v) is 10.3.